The zero-order valence-corrected chi connectivity index (χ0v) is 20.0. The standard InChI is InChI=1S/C26H36N2O6/c1-4-26(33)12-9-20-18-6-5-16-13-17(28-34-15-22(30)27-21(14-29)23(31)32)7-10-24(16,2)19(18)8-11-25(20,26)3/h1,13,18-21,29,33H,5-12,14-15H2,2-3H3,(H,27,30)(H,31,32)/b28-17+/t18-,19+,20+,21-,24+,25+,26-/m1/s1. The summed E-state index contributed by atoms with van der Waals surface area (Å²) in [6.45, 7) is 3.47. The highest BCUT2D eigenvalue weighted by atomic mass is 16.6. The van der Waals surface area contributed by atoms with Gasteiger partial charge >= 0.3 is 5.97 Å². The van der Waals surface area contributed by atoms with E-state index >= 15 is 0 Å². The normalized spacial score (nSPS) is 40.7. The number of aliphatic hydroxyl groups is 2. The summed E-state index contributed by atoms with van der Waals surface area (Å²) in [5, 5.41) is 35.4. The van der Waals surface area contributed by atoms with Gasteiger partial charge in [-0.05, 0) is 80.6 Å². The Bertz CT molecular complexity index is 953. The second kappa shape index (κ2) is 9.01. The molecular weight excluding hydrogens is 436 g/mol. The van der Waals surface area contributed by atoms with Crippen LogP contribution in [-0.4, -0.2) is 57.8 Å². The Labute approximate surface area is 200 Å². The zero-order chi connectivity index (χ0) is 24.7. The van der Waals surface area contributed by atoms with Gasteiger partial charge in [-0.25, -0.2) is 4.79 Å². The molecule has 0 spiro atoms. The van der Waals surface area contributed by atoms with E-state index in [1.165, 1.54) is 5.57 Å². The number of hydrogen-bond acceptors (Lipinski definition) is 6. The number of nitrogens with zero attached hydrogens (tertiary/aromatic N) is 1. The predicted octanol–water partition coefficient (Wildman–Crippen LogP) is 2.25. The lowest BCUT2D eigenvalue weighted by Crippen LogP contribution is -2.54. The SMILES string of the molecule is C#C[C@@]1(O)CC[C@H]2[C@@H]3CCC4=C/C(=N/OCC(=O)N[C@H](CO)C(=O)O)CC[C@]4(C)[C@H]3CC[C@@]21C. The number of carboxylic acid groups (broad SMARTS) is 1. The molecule has 0 aromatic heterocycles. The van der Waals surface area contributed by atoms with Gasteiger partial charge in [-0.2, -0.15) is 0 Å². The predicted molar refractivity (Wildman–Crippen MR) is 126 cm³/mol. The summed E-state index contributed by atoms with van der Waals surface area (Å²) in [4.78, 5) is 28.0. The molecule has 7 atom stereocenters. The molecule has 0 bridgehead atoms. The average molecular weight is 473 g/mol. The molecule has 186 valence electrons. The fourth-order valence-corrected chi connectivity index (χ4v) is 7.49. The Balaban J connectivity index is 1.42. The van der Waals surface area contributed by atoms with Crippen molar-refractivity contribution in [2.24, 2.45) is 33.7 Å². The molecule has 0 aliphatic heterocycles. The van der Waals surface area contributed by atoms with Crippen molar-refractivity contribution in [3.05, 3.63) is 11.6 Å². The molecule has 0 unspecified atom stereocenters. The van der Waals surface area contributed by atoms with Crippen LogP contribution in [0.3, 0.4) is 0 Å². The maximum atomic E-state index is 11.9. The van der Waals surface area contributed by atoms with Gasteiger partial charge in [0.25, 0.3) is 5.91 Å². The van der Waals surface area contributed by atoms with Gasteiger partial charge in [0.1, 0.15) is 11.6 Å². The van der Waals surface area contributed by atoms with E-state index in [4.69, 9.17) is 21.5 Å². The first-order valence-corrected chi connectivity index (χ1v) is 12.3. The molecule has 0 radical (unpaired) electrons. The Hall–Kier alpha value is -2.37. The molecule has 3 saturated carbocycles. The van der Waals surface area contributed by atoms with Crippen LogP contribution in [0.4, 0.5) is 0 Å². The average Bonchev–Trinajstić information content (AvgIpc) is 3.08. The van der Waals surface area contributed by atoms with Crippen LogP contribution in [0.15, 0.2) is 16.8 Å². The molecule has 4 rings (SSSR count). The van der Waals surface area contributed by atoms with Gasteiger partial charge in [-0.1, -0.05) is 30.5 Å². The van der Waals surface area contributed by atoms with Crippen molar-refractivity contribution in [2.75, 3.05) is 13.2 Å². The smallest absolute Gasteiger partial charge is 0.328 e. The van der Waals surface area contributed by atoms with E-state index < -0.39 is 36.7 Å². The minimum absolute atomic E-state index is 0.0906. The summed E-state index contributed by atoms with van der Waals surface area (Å²) in [5.41, 5.74) is 1.07. The number of carboxylic acids is 1. The summed E-state index contributed by atoms with van der Waals surface area (Å²) in [5.74, 6) is 2.37. The number of aliphatic hydroxyl groups excluding tert-OH is 1. The van der Waals surface area contributed by atoms with Gasteiger partial charge in [0.15, 0.2) is 6.61 Å². The highest BCUT2D eigenvalue weighted by Gasteiger charge is 2.63. The first-order chi connectivity index (χ1) is 16.1. The van der Waals surface area contributed by atoms with E-state index in [2.05, 4.69) is 36.3 Å². The van der Waals surface area contributed by atoms with E-state index in [-0.39, 0.29) is 10.8 Å². The van der Waals surface area contributed by atoms with Crippen molar-refractivity contribution in [2.45, 2.75) is 76.9 Å². The Morgan fingerprint density at radius 1 is 1.24 bits per heavy atom. The highest BCUT2D eigenvalue weighted by molar-refractivity contribution is 5.96. The van der Waals surface area contributed by atoms with E-state index in [0.717, 1.165) is 50.7 Å². The molecule has 4 aliphatic carbocycles. The summed E-state index contributed by atoms with van der Waals surface area (Å²) in [6, 6.07) is -1.36. The second-order valence-electron chi connectivity index (χ2n) is 11.0. The quantitative estimate of drug-likeness (QED) is 0.347. The van der Waals surface area contributed by atoms with Crippen LogP contribution in [0, 0.1) is 40.9 Å². The molecule has 8 heteroatoms. The fraction of sp³-hybridized carbons (Fsp3) is 0.731. The molecule has 0 aromatic rings. The monoisotopic (exact) mass is 472 g/mol. The lowest BCUT2D eigenvalue weighted by Gasteiger charge is -2.58. The van der Waals surface area contributed by atoms with Crippen molar-refractivity contribution in [3.8, 4) is 12.3 Å². The molecule has 4 aliphatic rings. The van der Waals surface area contributed by atoms with Crippen molar-refractivity contribution in [1.29, 1.82) is 0 Å². The van der Waals surface area contributed by atoms with E-state index in [1.54, 1.807) is 0 Å². The van der Waals surface area contributed by atoms with Gasteiger partial charge in [0.05, 0.1) is 12.3 Å². The number of allylic oxidation sites excluding steroid dienone is 2. The van der Waals surface area contributed by atoms with E-state index in [9.17, 15) is 14.7 Å². The Morgan fingerprint density at radius 2 is 1.97 bits per heavy atom. The maximum Gasteiger partial charge on any atom is 0.328 e. The van der Waals surface area contributed by atoms with Crippen LogP contribution in [-0.2, 0) is 14.4 Å². The van der Waals surface area contributed by atoms with Crippen molar-refractivity contribution in [1.82, 2.24) is 5.32 Å². The van der Waals surface area contributed by atoms with E-state index in [0.29, 0.717) is 24.2 Å². The van der Waals surface area contributed by atoms with Crippen LogP contribution < -0.4 is 5.32 Å². The highest BCUT2D eigenvalue weighted by Crippen LogP contribution is 2.67. The zero-order valence-electron chi connectivity index (χ0n) is 20.0. The number of aliphatic carboxylic acids is 1. The number of hydrogen-bond donors (Lipinski definition) is 4. The van der Waals surface area contributed by atoms with Gasteiger partial charge in [0, 0.05) is 5.41 Å². The largest absolute Gasteiger partial charge is 0.480 e. The molecule has 4 N–H and O–H groups in total. The Kier molecular flexibility index (Phi) is 6.56. The molecular formula is C26H36N2O6. The number of carbonyl (C=O) groups excluding carboxylic acids is 1. The van der Waals surface area contributed by atoms with Crippen molar-refractivity contribution < 1.29 is 29.7 Å². The number of oxime groups is 1. The minimum Gasteiger partial charge on any atom is -0.480 e. The third kappa shape index (κ3) is 3.93. The van der Waals surface area contributed by atoms with Gasteiger partial charge < -0.3 is 25.5 Å². The lowest BCUT2D eigenvalue weighted by molar-refractivity contribution is -0.143. The molecule has 0 aromatic carbocycles. The Morgan fingerprint density at radius 3 is 2.65 bits per heavy atom. The molecule has 0 saturated heterocycles. The van der Waals surface area contributed by atoms with Gasteiger partial charge in [-0.15, -0.1) is 6.42 Å². The number of fused-ring (bicyclic) bond motifs is 5. The summed E-state index contributed by atoms with van der Waals surface area (Å²) >= 11 is 0. The fourth-order valence-electron chi connectivity index (χ4n) is 7.49. The molecule has 8 nitrogen and oxygen atoms in total. The van der Waals surface area contributed by atoms with Gasteiger partial charge in [-0.3, -0.25) is 4.79 Å². The topological polar surface area (TPSA) is 128 Å². The number of terminal acetylenes is 1. The minimum atomic E-state index is -1.36. The number of rotatable bonds is 6. The molecule has 1 amide bonds. The first kappa shape index (κ1) is 24.7. The van der Waals surface area contributed by atoms with Crippen LogP contribution in [0.5, 0.6) is 0 Å². The van der Waals surface area contributed by atoms with Gasteiger partial charge in [0.2, 0.25) is 0 Å². The molecule has 0 heterocycles. The van der Waals surface area contributed by atoms with Crippen LogP contribution in [0.2, 0.25) is 0 Å². The van der Waals surface area contributed by atoms with Crippen molar-refractivity contribution in [3.63, 3.8) is 0 Å². The van der Waals surface area contributed by atoms with E-state index in [1.807, 2.05) is 0 Å². The molecule has 34 heavy (non-hydrogen) atoms. The van der Waals surface area contributed by atoms with Crippen LogP contribution in [0.25, 0.3) is 0 Å². The van der Waals surface area contributed by atoms with Crippen molar-refractivity contribution >= 4 is 17.6 Å². The number of amides is 1. The second-order valence-corrected chi connectivity index (χ2v) is 11.0. The summed E-state index contributed by atoms with van der Waals surface area (Å²) in [7, 11) is 0. The van der Waals surface area contributed by atoms with Crippen LogP contribution in [0.1, 0.15) is 65.2 Å². The third-order valence-corrected chi connectivity index (χ3v) is 9.56. The summed E-state index contributed by atoms with van der Waals surface area (Å²) in [6.07, 6.45) is 15.4. The maximum absolute atomic E-state index is 11.9. The van der Waals surface area contributed by atoms with Crippen LogP contribution >= 0.6 is 0 Å². The number of carbonyl (C=O) groups is 2. The first-order valence-electron chi connectivity index (χ1n) is 12.3. The number of nitrogens with one attached hydrogen (secondary N) is 1. The third-order valence-electron chi connectivity index (χ3n) is 9.56. The molecule has 3 fully saturated rings. The lowest BCUT2D eigenvalue weighted by atomic mass is 9.46. The summed E-state index contributed by atoms with van der Waals surface area (Å²) < 4.78 is 0.